The van der Waals surface area contributed by atoms with Crippen LogP contribution in [0.3, 0.4) is 0 Å². The number of carboxylic acids is 1. The van der Waals surface area contributed by atoms with Crippen LogP contribution < -0.4 is 11.1 Å². The van der Waals surface area contributed by atoms with Crippen LogP contribution in [0.4, 0.5) is 0 Å². The Morgan fingerprint density at radius 1 is 0.955 bits per heavy atom. The topological polar surface area (TPSA) is 92.4 Å². The number of unbranched alkanes of at least 4 members (excludes halogenated alkanes) is 9. The summed E-state index contributed by atoms with van der Waals surface area (Å²) in [5, 5.41) is 11.3. The number of halogens is 1. The number of nitrogens with two attached hydrogens (primary N) is 1. The molecule has 0 rings (SSSR count). The predicted molar refractivity (Wildman–Crippen MR) is 92.3 cm³/mol. The standard InChI is InChI=1S/C16H32N2O3.ClH/c1-2-3-4-5-6-7-8-9-10-11-12-18-15(19)13-14(17)16(20)21;/h14H,2-13,17H2,1H3,(H,18,19)(H,20,21);1H/t14-;/m0./s1. The van der Waals surface area contributed by atoms with E-state index in [2.05, 4.69) is 12.2 Å². The number of rotatable bonds is 14. The molecule has 0 aliphatic heterocycles. The fourth-order valence-electron chi connectivity index (χ4n) is 2.20. The number of hydrogen-bond donors (Lipinski definition) is 3. The van der Waals surface area contributed by atoms with Gasteiger partial charge in [-0.15, -0.1) is 12.4 Å². The van der Waals surface area contributed by atoms with Crippen LogP contribution in [0.25, 0.3) is 0 Å². The summed E-state index contributed by atoms with van der Waals surface area (Å²) in [6.07, 6.45) is 12.4. The van der Waals surface area contributed by atoms with Gasteiger partial charge < -0.3 is 16.2 Å². The smallest absolute Gasteiger partial charge is 0.321 e. The number of nitrogens with one attached hydrogen (secondary N) is 1. The number of amides is 1. The Balaban J connectivity index is 0. The molecule has 0 aromatic rings. The Bertz CT molecular complexity index is 289. The van der Waals surface area contributed by atoms with Crippen molar-refractivity contribution in [1.29, 1.82) is 0 Å². The van der Waals surface area contributed by atoms with Gasteiger partial charge in [0.05, 0.1) is 6.42 Å². The highest BCUT2D eigenvalue weighted by Crippen LogP contribution is 2.10. The van der Waals surface area contributed by atoms with Crippen LogP contribution in [0.5, 0.6) is 0 Å². The third kappa shape index (κ3) is 15.6. The molecule has 132 valence electrons. The Hall–Kier alpha value is -0.810. The van der Waals surface area contributed by atoms with E-state index in [-0.39, 0.29) is 24.7 Å². The second-order valence-electron chi connectivity index (χ2n) is 5.68. The summed E-state index contributed by atoms with van der Waals surface area (Å²) < 4.78 is 0. The normalized spacial score (nSPS) is 11.5. The summed E-state index contributed by atoms with van der Waals surface area (Å²) in [6.45, 7) is 2.84. The van der Waals surface area contributed by atoms with Crippen molar-refractivity contribution in [3.63, 3.8) is 0 Å². The van der Waals surface area contributed by atoms with Crippen molar-refractivity contribution in [2.45, 2.75) is 83.6 Å². The molecule has 0 saturated heterocycles. The van der Waals surface area contributed by atoms with Gasteiger partial charge in [0, 0.05) is 6.54 Å². The largest absolute Gasteiger partial charge is 0.480 e. The SMILES string of the molecule is CCCCCCCCCCCCNC(=O)C[C@H](N)C(=O)O.Cl. The van der Waals surface area contributed by atoms with E-state index in [0.29, 0.717) is 6.54 Å². The second-order valence-corrected chi connectivity index (χ2v) is 5.68. The highest BCUT2D eigenvalue weighted by atomic mass is 35.5. The number of carbonyl (C=O) groups is 2. The lowest BCUT2D eigenvalue weighted by atomic mass is 10.1. The first-order valence-corrected chi connectivity index (χ1v) is 8.33. The highest BCUT2D eigenvalue weighted by molar-refractivity contribution is 5.85. The lowest BCUT2D eigenvalue weighted by Gasteiger charge is -2.07. The zero-order valence-corrected chi connectivity index (χ0v) is 14.6. The quantitative estimate of drug-likeness (QED) is 0.424. The van der Waals surface area contributed by atoms with Gasteiger partial charge in [0.25, 0.3) is 0 Å². The van der Waals surface area contributed by atoms with Crippen LogP contribution >= 0.6 is 12.4 Å². The van der Waals surface area contributed by atoms with Crippen LogP contribution in [0.15, 0.2) is 0 Å². The lowest BCUT2D eigenvalue weighted by molar-refractivity contribution is -0.140. The summed E-state index contributed by atoms with van der Waals surface area (Å²) in [7, 11) is 0. The van der Waals surface area contributed by atoms with Gasteiger partial charge in [-0.25, -0.2) is 0 Å². The van der Waals surface area contributed by atoms with E-state index < -0.39 is 12.0 Å². The Morgan fingerprint density at radius 3 is 1.86 bits per heavy atom. The Labute approximate surface area is 140 Å². The summed E-state index contributed by atoms with van der Waals surface area (Å²) in [6, 6.07) is -1.10. The Kier molecular flexibility index (Phi) is 17.7. The zero-order chi connectivity index (χ0) is 15.9. The van der Waals surface area contributed by atoms with E-state index in [9.17, 15) is 9.59 Å². The Morgan fingerprint density at radius 2 is 1.41 bits per heavy atom. The molecule has 0 aromatic carbocycles. The summed E-state index contributed by atoms with van der Waals surface area (Å²) >= 11 is 0. The zero-order valence-electron chi connectivity index (χ0n) is 13.8. The van der Waals surface area contributed by atoms with Gasteiger partial charge in [-0.05, 0) is 6.42 Å². The fraction of sp³-hybridized carbons (Fsp3) is 0.875. The lowest BCUT2D eigenvalue weighted by Crippen LogP contribution is -2.37. The van der Waals surface area contributed by atoms with Crippen molar-refractivity contribution in [1.82, 2.24) is 5.32 Å². The van der Waals surface area contributed by atoms with E-state index >= 15 is 0 Å². The van der Waals surface area contributed by atoms with Gasteiger partial charge in [0.15, 0.2) is 0 Å². The van der Waals surface area contributed by atoms with E-state index in [4.69, 9.17) is 10.8 Å². The minimum atomic E-state index is -1.14. The van der Waals surface area contributed by atoms with Crippen LogP contribution in [-0.2, 0) is 9.59 Å². The fourth-order valence-corrected chi connectivity index (χ4v) is 2.20. The van der Waals surface area contributed by atoms with E-state index in [0.717, 1.165) is 12.8 Å². The third-order valence-electron chi connectivity index (χ3n) is 3.58. The van der Waals surface area contributed by atoms with Crippen LogP contribution in [0.1, 0.15) is 77.6 Å². The van der Waals surface area contributed by atoms with Crippen molar-refractivity contribution in [2.75, 3.05) is 6.54 Å². The molecule has 0 spiro atoms. The van der Waals surface area contributed by atoms with Crippen molar-refractivity contribution in [2.24, 2.45) is 5.73 Å². The predicted octanol–water partition coefficient (Wildman–Crippen LogP) is 3.25. The van der Waals surface area contributed by atoms with Gasteiger partial charge in [-0.3, -0.25) is 9.59 Å². The molecular weight excluding hydrogens is 304 g/mol. The maximum absolute atomic E-state index is 11.4. The molecule has 1 atom stereocenters. The van der Waals surface area contributed by atoms with Gasteiger partial charge in [0.1, 0.15) is 6.04 Å². The minimum absolute atomic E-state index is 0. The molecule has 0 saturated carbocycles. The maximum Gasteiger partial charge on any atom is 0.321 e. The molecule has 0 unspecified atom stereocenters. The van der Waals surface area contributed by atoms with Crippen molar-refractivity contribution >= 4 is 24.3 Å². The first-order chi connectivity index (χ1) is 10.1. The number of hydrogen-bond acceptors (Lipinski definition) is 3. The van der Waals surface area contributed by atoms with Crippen LogP contribution in [-0.4, -0.2) is 29.6 Å². The van der Waals surface area contributed by atoms with Gasteiger partial charge in [-0.2, -0.15) is 0 Å². The van der Waals surface area contributed by atoms with E-state index in [1.807, 2.05) is 0 Å². The molecule has 0 aliphatic rings. The van der Waals surface area contributed by atoms with Crippen LogP contribution in [0.2, 0.25) is 0 Å². The molecule has 0 radical (unpaired) electrons. The first kappa shape index (κ1) is 23.5. The summed E-state index contributed by atoms with van der Waals surface area (Å²) in [4.78, 5) is 21.9. The molecule has 0 bridgehead atoms. The summed E-state index contributed by atoms with van der Waals surface area (Å²) in [5.74, 6) is -1.41. The third-order valence-corrected chi connectivity index (χ3v) is 3.58. The average molecular weight is 337 g/mol. The summed E-state index contributed by atoms with van der Waals surface area (Å²) in [5.41, 5.74) is 5.29. The van der Waals surface area contributed by atoms with Gasteiger partial charge in [0.2, 0.25) is 5.91 Å². The second kappa shape index (κ2) is 16.6. The van der Waals surface area contributed by atoms with E-state index in [1.165, 1.54) is 51.4 Å². The number of carbonyl (C=O) groups excluding carboxylic acids is 1. The average Bonchev–Trinajstić information content (AvgIpc) is 2.44. The molecule has 5 nitrogen and oxygen atoms in total. The van der Waals surface area contributed by atoms with Gasteiger partial charge in [-0.1, -0.05) is 64.7 Å². The first-order valence-electron chi connectivity index (χ1n) is 8.33. The molecule has 0 aliphatic carbocycles. The molecule has 0 aromatic heterocycles. The minimum Gasteiger partial charge on any atom is -0.480 e. The van der Waals surface area contributed by atoms with Gasteiger partial charge >= 0.3 is 5.97 Å². The molecular formula is C16H33ClN2O3. The van der Waals surface area contributed by atoms with Crippen molar-refractivity contribution < 1.29 is 14.7 Å². The molecule has 0 fully saturated rings. The van der Waals surface area contributed by atoms with Crippen LogP contribution in [0, 0.1) is 0 Å². The number of carboxylic acid groups (broad SMARTS) is 1. The molecule has 6 heteroatoms. The van der Waals surface area contributed by atoms with E-state index in [1.54, 1.807) is 0 Å². The molecule has 22 heavy (non-hydrogen) atoms. The molecule has 0 heterocycles. The van der Waals surface area contributed by atoms with Crippen molar-refractivity contribution in [3.8, 4) is 0 Å². The molecule has 1 amide bonds. The monoisotopic (exact) mass is 336 g/mol. The number of aliphatic carboxylic acids is 1. The molecule has 4 N–H and O–H groups in total. The highest BCUT2D eigenvalue weighted by Gasteiger charge is 2.15. The maximum atomic E-state index is 11.4. The van der Waals surface area contributed by atoms with Crippen molar-refractivity contribution in [3.05, 3.63) is 0 Å².